The Hall–Kier alpha value is -1.79. The molecule has 0 aliphatic heterocycles. The number of carboxylic acids is 1. The summed E-state index contributed by atoms with van der Waals surface area (Å²) in [6.45, 7) is 6.41. The van der Waals surface area contributed by atoms with Crippen LogP contribution in [-0.4, -0.2) is 54.7 Å². The molecule has 2 amide bonds. The lowest BCUT2D eigenvalue weighted by Crippen LogP contribution is -2.48. The third kappa shape index (κ3) is 7.60. The second kappa shape index (κ2) is 7.72. The molecule has 0 fully saturated rings. The Morgan fingerprint density at radius 3 is 2.25 bits per heavy atom. The number of carboxylic acid groups (broad SMARTS) is 1. The van der Waals surface area contributed by atoms with Gasteiger partial charge in [-0.05, 0) is 11.8 Å². The van der Waals surface area contributed by atoms with Crippen LogP contribution in [0.1, 0.15) is 33.6 Å². The van der Waals surface area contributed by atoms with Gasteiger partial charge < -0.3 is 20.1 Å². The Labute approximate surface area is 119 Å². The van der Waals surface area contributed by atoms with Crippen molar-refractivity contribution in [2.45, 2.75) is 39.7 Å². The predicted octanol–water partition coefficient (Wildman–Crippen LogP) is 1.08. The first kappa shape index (κ1) is 18.2. The highest BCUT2D eigenvalue weighted by Gasteiger charge is 2.24. The number of carbonyl (C=O) groups excluding carboxylic acids is 2. The van der Waals surface area contributed by atoms with Crippen molar-refractivity contribution >= 4 is 18.0 Å². The molecule has 20 heavy (non-hydrogen) atoms. The summed E-state index contributed by atoms with van der Waals surface area (Å²) < 4.78 is 4.44. The van der Waals surface area contributed by atoms with Crippen molar-refractivity contribution in [3.05, 3.63) is 0 Å². The third-order valence-electron chi connectivity index (χ3n) is 2.52. The average Bonchev–Trinajstić information content (AvgIpc) is 2.30. The molecule has 116 valence electrons. The number of amides is 2. The second-order valence-electron chi connectivity index (χ2n) is 5.87. The molecule has 0 spiro atoms. The highest BCUT2D eigenvalue weighted by molar-refractivity contribution is 5.83. The van der Waals surface area contributed by atoms with Crippen LogP contribution in [0.25, 0.3) is 0 Å². The van der Waals surface area contributed by atoms with E-state index >= 15 is 0 Å². The summed E-state index contributed by atoms with van der Waals surface area (Å²) in [4.78, 5) is 35.4. The van der Waals surface area contributed by atoms with Gasteiger partial charge in [0.1, 0.15) is 6.04 Å². The molecule has 0 rings (SSSR count). The quantitative estimate of drug-likeness (QED) is 0.713. The summed E-state index contributed by atoms with van der Waals surface area (Å²) >= 11 is 0. The molecule has 0 aromatic heterocycles. The fourth-order valence-corrected chi connectivity index (χ4v) is 1.66. The van der Waals surface area contributed by atoms with Crippen LogP contribution in [0.2, 0.25) is 0 Å². The number of rotatable bonds is 6. The molecule has 1 atom stereocenters. The maximum Gasteiger partial charge on any atom is 0.326 e. The standard InChI is InChI=1S/C13H24N2O5/c1-13(2,3)8-15(4)12(19)14-9(11(17)18)6-7-10(16)20-5/h9H,6-8H2,1-5H3,(H,14,19)(H,17,18)/t9-/m0/s1. The Kier molecular flexibility index (Phi) is 7.02. The van der Waals surface area contributed by atoms with Gasteiger partial charge in [0.25, 0.3) is 0 Å². The number of hydrogen-bond donors (Lipinski definition) is 2. The average molecular weight is 288 g/mol. The van der Waals surface area contributed by atoms with E-state index in [-0.39, 0.29) is 18.3 Å². The van der Waals surface area contributed by atoms with Gasteiger partial charge >= 0.3 is 18.0 Å². The van der Waals surface area contributed by atoms with Crippen LogP contribution < -0.4 is 5.32 Å². The maximum atomic E-state index is 11.9. The SMILES string of the molecule is COC(=O)CC[C@H](NC(=O)N(C)CC(C)(C)C)C(=O)O. The molecule has 7 nitrogen and oxygen atoms in total. The number of ether oxygens (including phenoxy) is 1. The first-order valence-corrected chi connectivity index (χ1v) is 6.38. The normalized spacial score (nSPS) is 12.4. The summed E-state index contributed by atoms with van der Waals surface area (Å²) in [5.74, 6) is -1.68. The van der Waals surface area contributed by atoms with E-state index in [9.17, 15) is 14.4 Å². The highest BCUT2D eigenvalue weighted by atomic mass is 16.5. The third-order valence-corrected chi connectivity index (χ3v) is 2.52. The molecule has 7 heteroatoms. The highest BCUT2D eigenvalue weighted by Crippen LogP contribution is 2.14. The largest absolute Gasteiger partial charge is 0.480 e. The number of methoxy groups -OCH3 is 1. The van der Waals surface area contributed by atoms with Gasteiger partial charge in [0.15, 0.2) is 0 Å². The lowest BCUT2D eigenvalue weighted by molar-refractivity contribution is -0.142. The number of nitrogens with zero attached hydrogens (tertiary/aromatic N) is 1. The van der Waals surface area contributed by atoms with E-state index in [1.165, 1.54) is 12.0 Å². The van der Waals surface area contributed by atoms with Crippen LogP contribution in [0, 0.1) is 5.41 Å². The minimum Gasteiger partial charge on any atom is -0.480 e. The van der Waals surface area contributed by atoms with Gasteiger partial charge in [-0.1, -0.05) is 20.8 Å². The Balaban J connectivity index is 4.48. The summed E-state index contributed by atoms with van der Waals surface area (Å²) in [6, 6.07) is -1.58. The van der Waals surface area contributed by atoms with Gasteiger partial charge in [0.05, 0.1) is 7.11 Å². The first-order valence-electron chi connectivity index (χ1n) is 6.38. The Morgan fingerprint density at radius 2 is 1.85 bits per heavy atom. The Bertz CT molecular complexity index is 362. The zero-order valence-corrected chi connectivity index (χ0v) is 12.7. The first-order chi connectivity index (χ1) is 9.06. The second-order valence-corrected chi connectivity index (χ2v) is 5.87. The molecule has 0 aromatic rings. The fourth-order valence-electron chi connectivity index (χ4n) is 1.66. The Morgan fingerprint density at radius 1 is 1.30 bits per heavy atom. The summed E-state index contributed by atoms with van der Waals surface area (Å²) in [5, 5.41) is 11.4. The van der Waals surface area contributed by atoms with E-state index < -0.39 is 24.0 Å². The van der Waals surface area contributed by atoms with Crippen molar-refractivity contribution in [2.75, 3.05) is 20.7 Å². The van der Waals surface area contributed by atoms with Crippen molar-refractivity contribution in [2.24, 2.45) is 5.41 Å². The van der Waals surface area contributed by atoms with Crippen LogP contribution >= 0.6 is 0 Å². The van der Waals surface area contributed by atoms with Crippen molar-refractivity contribution < 1.29 is 24.2 Å². The lowest BCUT2D eigenvalue weighted by atomic mass is 9.96. The summed E-state index contributed by atoms with van der Waals surface area (Å²) in [5.41, 5.74) is -0.0865. The minimum atomic E-state index is -1.17. The molecule has 0 heterocycles. The van der Waals surface area contributed by atoms with E-state index in [2.05, 4.69) is 10.1 Å². The van der Waals surface area contributed by atoms with Crippen molar-refractivity contribution in [1.29, 1.82) is 0 Å². The number of esters is 1. The van der Waals surface area contributed by atoms with E-state index in [1.54, 1.807) is 7.05 Å². The van der Waals surface area contributed by atoms with E-state index in [0.29, 0.717) is 6.54 Å². The molecular formula is C13H24N2O5. The lowest BCUT2D eigenvalue weighted by Gasteiger charge is -2.27. The molecule has 0 saturated heterocycles. The van der Waals surface area contributed by atoms with E-state index in [4.69, 9.17) is 5.11 Å². The molecule has 2 N–H and O–H groups in total. The van der Waals surface area contributed by atoms with Crippen LogP contribution in [0.5, 0.6) is 0 Å². The van der Waals surface area contributed by atoms with Gasteiger partial charge in [0, 0.05) is 20.0 Å². The van der Waals surface area contributed by atoms with Crippen molar-refractivity contribution in [1.82, 2.24) is 10.2 Å². The van der Waals surface area contributed by atoms with E-state index in [0.717, 1.165) is 0 Å². The van der Waals surface area contributed by atoms with Gasteiger partial charge in [0.2, 0.25) is 0 Å². The topological polar surface area (TPSA) is 95.9 Å². The number of carbonyl (C=O) groups is 3. The zero-order chi connectivity index (χ0) is 15.9. The number of hydrogen-bond acceptors (Lipinski definition) is 4. The van der Waals surface area contributed by atoms with Gasteiger partial charge in [-0.3, -0.25) is 4.79 Å². The number of nitrogens with one attached hydrogen (secondary N) is 1. The van der Waals surface area contributed by atoms with Gasteiger partial charge in [-0.25, -0.2) is 9.59 Å². The molecule has 0 bridgehead atoms. The minimum absolute atomic E-state index is 0.00287. The van der Waals surface area contributed by atoms with Crippen LogP contribution in [0.3, 0.4) is 0 Å². The van der Waals surface area contributed by atoms with Crippen molar-refractivity contribution in [3.63, 3.8) is 0 Å². The molecular weight excluding hydrogens is 264 g/mol. The van der Waals surface area contributed by atoms with Crippen LogP contribution in [0.15, 0.2) is 0 Å². The van der Waals surface area contributed by atoms with Gasteiger partial charge in [-0.15, -0.1) is 0 Å². The number of aliphatic carboxylic acids is 1. The van der Waals surface area contributed by atoms with Crippen molar-refractivity contribution in [3.8, 4) is 0 Å². The molecule has 0 aromatic carbocycles. The maximum absolute atomic E-state index is 11.9. The van der Waals surface area contributed by atoms with E-state index in [1.807, 2.05) is 20.8 Å². The number of urea groups is 1. The van der Waals surface area contributed by atoms with Crippen LogP contribution in [0.4, 0.5) is 4.79 Å². The molecule has 0 aliphatic carbocycles. The smallest absolute Gasteiger partial charge is 0.326 e. The monoisotopic (exact) mass is 288 g/mol. The fraction of sp³-hybridized carbons (Fsp3) is 0.769. The summed E-state index contributed by atoms with van der Waals surface area (Å²) in [7, 11) is 2.83. The molecule has 0 radical (unpaired) electrons. The summed E-state index contributed by atoms with van der Waals surface area (Å²) in [6.07, 6.45) is -0.0617. The molecule has 0 aliphatic rings. The zero-order valence-electron chi connectivity index (χ0n) is 12.7. The molecule has 0 unspecified atom stereocenters. The predicted molar refractivity (Wildman–Crippen MR) is 73.3 cm³/mol. The van der Waals surface area contributed by atoms with Gasteiger partial charge in [-0.2, -0.15) is 0 Å². The molecule has 0 saturated carbocycles. The van der Waals surface area contributed by atoms with Crippen LogP contribution in [-0.2, 0) is 14.3 Å².